The van der Waals surface area contributed by atoms with Crippen molar-refractivity contribution in [2.75, 3.05) is 52.9 Å². The predicted molar refractivity (Wildman–Crippen MR) is 74.6 cm³/mol. The number of nitrogens with zero attached hydrogens (tertiary/aromatic N) is 2. The zero-order chi connectivity index (χ0) is 13.4. The van der Waals surface area contributed by atoms with Gasteiger partial charge >= 0.3 is 0 Å². The molecule has 5 nitrogen and oxygen atoms in total. The number of hydrogen-bond donors (Lipinski definition) is 2. The van der Waals surface area contributed by atoms with Crippen LogP contribution in [0.3, 0.4) is 0 Å². The first-order chi connectivity index (χ1) is 8.65. The number of carbonyl (C=O) groups excluding carboxylic acids is 1. The highest BCUT2D eigenvalue weighted by Crippen LogP contribution is 1.98. The maximum absolute atomic E-state index is 11.8. The van der Waals surface area contributed by atoms with Crippen LogP contribution in [0, 0.1) is 0 Å². The molecule has 0 aromatic rings. The molecule has 0 aliphatic carbocycles. The van der Waals surface area contributed by atoms with Crippen LogP contribution in [0.5, 0.6) is 0 Å². The van der Waals surface area contributed by atoms with Crippen LogP contribution in [-0.2, 0) is 4.79 Å². The lowest BCUT2D eigenvalue weighted by atomic mass is 10.2. The molecule has 0 aromatic heterocycles. The first-order valence-electron chi connectivity index (χ1n) is 6.67. The molecule has 0 radical (unpaired) electrons. The van der Waals surface area contributed by atoms with Gasteiger partial charge in [0.05, 0.1) is 6.04 Å². The minimum atomic E-state index is -0.0899. The minimum Gasteiger partial charge on any atom is -0.351 e. The monoisotopic (exact) mass is 254 g/mol. The Balaban J connectivity index is 2.23. The Bertz CT molecular complexity index is 264. The third kappa shape index (κ3) is 5.16. The van der Waals surface area contributed by atoms with E-state index >= 15 is 0 Å². The largest absolute Gasteiger partial charge is 0.351 e. The molecule has 2 N–H and O–H groups in total. The van der Waals surface area contributed by atoms with Gasteiger partial charge in [-0.15, -0.1) is 6.58 Å². The summed E-state index contributed by atoms with van der Waals surface area (Å²) in [5.41, 5.74) is 0. The van der Waals surface area contributed by atoms with Crippen molar-refractivity contribution in [2.45, 2.75) is 13.0 Å². The Labute approximate surface area is 110 Å². The Hall–Kier alpha value is -0.910. The number of likely N-dealkylation sites (N-methyl/N-ethyl adjacent to an activating group) is 1. The summed E-state index contributed by atoms with van der Waals surface area (Å²) in [5.74, 6) is 0.0673. The third-order valence-corrected chi connectivity index (χ3v) is 3.44. The molecule has 1 unspecified atom stereocenters. The lowest BCUT2D eigenvalue weighted by Crippen LogP contribution is -2.49. The van der Waals surface area contributed by atoms with Crippen molar-refractivity contribution in [3.05, 3.63) is 12.7 Å². The zero-order valence-electron chi connectivity index (χ0n) is 11.6. The van der Waals surface area contributed by atoms with Crippen LogP contribution in [-0.4, -0.2) is 74.6 Å². The highest BCUT2D eigenvalue weighted by Gasteiger charge is 2.18. The number of carbonyl (C=O) groups is 1. The van der Waals surface area contributed by atoms with Crippen LogP contribution in [0.2, 0.25) is 0 Å². The Morgan fingerprint density at radius 2 is 2.22 bits per heavy atom. The molecule has 0 bridgehead atoms. The molecule has 1 saturated heterocycles. The van der Waals surface area contributed by atoms with E-state index in [1.54, 1.807) is 6.08 Å². The molecule has 1 heterocycles. The van der Waals surface area contributed by atoms with E-state index in [1.165, 1.54) is 0 Å². The fourth-order valence-electron chi connectivity index (χ4n) is 1.95. The van der Waals surface area contributed by atoms with Crippen molar-refractivity contribution >= 4 is 5.91 Å². The predicted octanol–water partition coefficient (Wildman–Crippen LogP) is -0.486. The van der Waals surface area contributed by atoms with Crippen molar-refractivity contribution in [2.24, 2.45) is 0 Å². The molecule has 1 amide bonds. The fraction of sp³-hybridized carbons (Fsp3) is 0.769. The van der Waals surface area contributed by atoms with E-state index in [-0.39, 0.29) is 11.9 Å². The van der Waals surface area contributed by atoms with Crippen LogP contribution in [0.4, 0.5) is 0 Å². The summed E-state index contributed by atoms with van der Waals surface area (Å²) in [6.07, 6.45) is 1.70. The van der Waals surface area contributed by atoms with Crippen molar-refractivity contribution in [3.8, 4) is 0 Å². The van der Waals surface area contributed by atoms with Crippen LogP contribution in [0.15, 0.2) is 12.7 Å². The summed E-state index contributed by atoms with van der Waals surface area (Å²) in [4.78, 5) is 16.3. The molecule has 1 aliphatic rings. The number of piperazine rings is 1. The van der Waals surface area contributed by atoms with Gasteiger partial charge in [0.25, 0.3) is 0 Å². The first-order valence-corrected chi connectivity index (χ1v) is 6.67. The van der Waals surface area contributed by atoms with Gasteiger partial charge in [-0.25, -0.2) is 0 Å². The summed E-state index contributed by atoms with van der Waals surface area (Å²) < 4.78 is 0. The normalized spacial score (nSPS) is 18.6. The van der Waals surface area contributed by atoms with Gasteiger partial charge in [-0.1, -0.05) is 6.08 Å². The summed E-state index contributed by atoms with van der Waals surface area (Å²) >= 11 is 0. The summed E-state index contributed by atoms with van der Waals surface area (Å²) in [5, 5.41) is 6.17. The first kappa shape index (κ1) is 15.1. The van der Waals surface area contributed by atoms with E-state index in [9.17, 15) is 4.79 Å². The van der Waals surface area contributed by atoms with Gasteiger partial charge in [0.15, 0.2) is 0 Å². The molecule has 5 heteroatoms. The van der Waals surface area contributed by atoms with Gasteiger partial charge in [0.1, 0.15) is 0 Å². The van der Waals surface area contributed by atoms with Crippen LogP contribution in [0.25, 0.3) is 0 Å². The van der Waals surface area contributed by atoms with Crippen LogP contribution >= 0.6 is 0 Å². The Morgan fingerprint density at radius 3 is 2.83 bits per heavy atom. The average Bonchev–Trinajstić information content (AvgIpc) is 2.42. The molecular formula is C13H26N4O. The van der Waals surface area contributed by atoms with E-state index in [2.05, 4.69) is 27.0 Å². The second kappa shape index (κ2) is 8.24. The Morgan fingerprint density at radius 1 is 1.56 bits per heavy atom. The molecule has 104 valence electrons. The van der Waals surface area contributed by atoms with Gasteiger partial charge in [-0.05, 0) is 14.0 Å². The number of amides is 1. The summed E-state index contributed by atoms with van der Waals surface area (Å²) in [7, 11) is 2.00. The topological polar surface area (TPSA) is 47.6 Å². The highest BCUT2D eigenvalue weighted by atomic mass is 16.2. The van der Waals surface area contributed by atoms with E-state index in [0.717, 1.165) is 39.3 Å². The highest BCUT2D eigenvalue weighted by molar-refractivity contribution is 5.81. The molecule has 1 fully saturated rings. The molecule has 0 spiro atoms. The molecular weight excluding hydrogens is 228 g/mol. The number of nitrogens with one attached hydrogen (secondary N) is 2. The van der Waals surface area contributed by atoms with Gasteiger partial charge in [-0.3, -0.25) is 14.6 Å². The average molecular weight is 254 g/mol. The van der Waals surface area contributed by atoms with Gasteiger partial charge in [0, 0.05) is 45.8 Å². The molecule has 1 atom stereocenters. The van der Waals surface area contributed by atoms with Gasteiger partial charge in [0.2, 0.25) is 5.91 Å². The van der Waals surface area contributed by atoms with Gasteiger partial charge < -0.3 is 10.6 Å². The minimum absolute atomic E-state index is 0.0673. The lowest BCUT2D eigenvalue weighted by molar-refractivity contribution is -0.125. The maximum atomic E-state index is 11.8. The van der Waals surface area contributed by atoms with E-state index < -0.39 is 0 Å². The second-order valence-corrected chi connectivity index (χ2v) is 4.78. The quantitative estimate of drug-likeness (QED) is 0.602. The van der Waals surface area contributed by atoms with Crippen molar-refractivity contribution < 1.29 is 4.79 Å². The van der Waals surface area contributed by atoms with Crippen molar-refractivity contribution in [1.29, 1.82) is 0 Å². The number of hydrogen-bond acceptors (Lipinski definition) is 4. The molecule has 18 heavy (non-hydrogen) atoms. The van der Waals surface area contributed by atoms with E-state index in [4.69, 9.17) is 0 Å². The number of rotatable bonds is 7. The zero-order valence-corrected chi connectivity index (χ0v) is 11.6. The fourth-order valence-corrected chi connectivity index (χ4v) is 1.95. The molecule has 1 aliphatic heterocycles. The standard InChI is InChI=1S/C13H26N4O/c1-4-5-15-13(18)12(2)16(3)10-11-17-8-6-14-7-9-17/h4,12,14H,1,5-11H2,2-3H3,(H,15,18). The smallest absolute Gasteiger partial charge is 0.237 e. The van der Waals surface area contributed by atoms with Crippen molar-refractivity contribution in [3.63, 3.8) is 0 Å². The third-order valence-electron chi connectivity index (χ3n) is 3.44. The second-order valence-electron chi connectivity index (χ2n) is 4.78. The maximum Gasteiger partial charge on any atom is 0.237 e. The summed E-state index contributed by atoms with van der Waals surface area (Å²) in [6, 6.07) is -0.0899. The molecule has 0 saturated carbocycles. The van der Waals surface area contributed by atoms with E-state index in [0.29, 0.717) is 6.54 Å². The van der Waals surface area contributed by atoms with Crippen LogP contribution in [0.1, 0.15) is 6.92 Å². The van der Waals surface area contributed by atoms with E-state index in [1.807, 2.05) is 14.0 Å². The van der Waals surface area contributed by atoms with Crippen molar-refractivity contribution in [1.82, 2.24) is 20.4 Å². The van der Waals surface area contributed by atoms with Gasteiger partial charge in [-0.2, -0.15) is 0 Å². The molecule has 0 aromatic carbocycles. The SMILES string of the molecule is C=CCNC(=O)C(C)N(C)CCN1CCNCC1. The van der Waals surface area contributed by atoms with Crippen LogP contribution < -0.4 is 10.6 Å². The molecule has 1 rings (SSSR count). The Kier molecular flexibility index (Phi) is 6.93. The lowest BCUT2D eigenvalue weighted by Gasteiger charge is -2.30. The summed E-state index contributed by atoms with van der Waals surface area (Å²) in [6.45, 7) is 12.4.